The van der Waals surface area contributed by atoms with Crippen LogP contribution < -0.4 is 4.90 Å². The van der Waals surface area contributed by atoms with Gasteiger partial charge >= 0.3 is 0 Å². The molecule has 2 nitrogen and oxygen atoms in total. The number of hydrogen-bond acceptors (Lipinski definition) is 0. The molecule has 48 heavy (non-hydrogen) atoms. The number of allylic oxidation sites excluding steroid dienone is 8. The second-order valence-corrected chi connectivity index (χ2v) is 15.4. The van der Waals surface area contributed by atoms with Crippen LogP contribution in [0.1, 0.15) is 91.2 Å². The van der Waals surface area contributed by atoms with Crippen LogP contribution in [0.4, 0.5) is 11.4 Å². The Morgan fingerprint density at radius 2 is 1.40 bits per heavy atom. The third-order valence-electron chi connectivity index (χ3n) is 11.3. The van der Waals surface area contributed by atoms with Gasteiger partial charge in [0.05, 0.1) is 17.4 Å². The summed E-state index contributed by atoms with van der Waals surface area (Å²) in [5.41, 5.74) is 10.9. The first-order valence-electron chi connectivity index (χ1n) is 18.2. The zero-order chi connectivity index (χ0) is 33.6. The summed E-state index contributed by atoms with van der Waals surface area (Å²) in [5.74, 6) is 0. The second-order valence-electron chi connectivity index (χ2n) is 15.1. The van der Waals surface area contributed by atoms with Gasteiger partial charge in [0.25, 0.3) is 0 Å². The number of benzene rings is 4. The number of quaternary nitrogens is 1. The fraction of sp³-hybridized carbons (Fsp3) is 0.356. The Hall–Kier alpha value is -3.72. The normalized spacial score (nSPS) is 21.5. The molecule has 0 fully saturated rings. The summed E-state index contributed by atoms with van der Waals surface area (Å²) in [7, 11) is 0. The van der Waals surface area contributed by atoms with Gasteiger partial charge in [0.1, 0.15) is 17.9 Å². The van der Waals surface area contributed by atoms with Crippen molar-refractivity contribution in [1.29, 1.82) is 0 Å². The summed E-state index contributed by atoms with van der Waals surface area (Å²) in [6.45, 7) is 16.3. The van der Waals surface area contributed by atoms with Crippen molar-refractivity contribution in [1.82, 2.24) is 0 Å². The van der Waals surface area contributed by atoms with E-state index in [2.05, 4.69) is 143 Å². The van der Waals surface area contributed by atoms with Gasteiger partial charge in [0.2, 0.25) is 5.69 Å². The van der Waals surface area contributed by atoms with E-state index in [0.717, 1.165) is 37.4 Å². The molecule has 2 aliphatic heterocycles. The molecule has 1 aliphatic carbocycles. The molecule has 7 rings (SSSR count). The van der Waals surface area contributed by atoms with E-state index >= 15 is 0 Å². The highest BCUT2D eigenvalue weighted by molar-refractivity contribution is 6.33. The third kappa shape index (κ3) is 5.42. The van der Waals surface area contributed by atoms with Crippen LogP contribution in [0.5, 0.6) is 0 Å². The van der Waals surface area contributed by atoms with E-state index in [4.69, 9.17) is 11.6 Å². The molecule has 0 radical (unpaired) electrons. The maximum absolute atomic E-state index is 7.23. The number of unbranched alkanes of at least 4 members (excludes halogenated alkanes) is 2. The lowest BCUT2D eigenvalue weighted by Gasteiger charge is -2.21. The Kier molecular flexibility index (Phi) is 8.85. The van der Waals surface area contributed by atoms with E-state index in [1.165, 1.54) is 90.8 Å². The molecule has 0 aromatic heterocycles. The van der Waals surface area contributed by atoms with Crippen molar-refractivity contribution in [2.24, 2.45) is 0 Å². The average Bonchev–Trinajstić information content (AvgIpc) is 3.63. The summed E-state index contributed by atoms with van der Waals surface area (Å²) in [6, 6.07) is 27.0. The largest absolute Gasteiger partial charge is 0.273 e. The van der Waals surface area contributed by atoms with Crippen LogP contribution in [-0.2, 0) is 10.8 Å². The smallest absolute Gasteiger partial charge is 0.210 e. The lowest BCUT2D eigenvalue weighted by Crippen LogP contribution is -3.04. The summed E-state index contributed by atoms with van der Waals surface area (Å²) >= 11 is 7.23. The lowest BCUT2D eigenvalue weighted by molar-refractivity contribution is -0.789. The minimum atomic E-state index is -0.104. The number of hydrogen-bond donors (Lipinski definition) is 1. The van der Waals surface area contributed by atoms with Gasteiger partial charge < -0.3 is 0 Å². The highest BCUT2D eigenvalue weighted by atomic mass is 35.5. The quantitative estimate of drug-likeness (QED) is 0.172. The standard InChI is InChI=1S/C45H50ClN2/c1-7-9-29-47-37-25-21-31-15-11-13-17-35(31)41(37)44(3,4)39(47)27-23-33-19-20-34(43(33)46)24-28-40-45(5,6)42-36-18-14-12-16-32(36)22-26-38(42)48(40)30-10-8-2/h11-18,21-28H,7-10,19-20,29-30H2,1-6H3/q+1/p+1. The Labute approximate surface area is 292 Å². The van der Waals surface area contributed by atoms with Gasteiger partial charge in [-0.25, -0.2) is 0 Å². The van der Waals surface area contributed by atoms with Crippen molar-refractivity contribution in [3.8, 4) is 0 Å². The number of nitrogens with zero attached hydrogens (tertiary/aromatic N) is 1. The van der Waals surface area contributed by atoms with E-state index in [0.29, 0.717) is 0 Å². The predicted molar refractivity (Wildman–Crippen MR) is 206 cm³/mol. The Bertz CT molecular complexity index is 2070. The highest BCUT2D eigenvalue weighted by Gasteiger charge is 2.47. The first-order valence-corrected chi connectivity index (χ1v) is 18.6. The molecule has 246 valence electrons. The molecule has 0 bridgehead atoms. The minimum absolute atomic E-state index is 0.0698. The molecule has 1 unspecified atom stereocenters. The molecule has 0 amide bonds. The second kappa shape index (κ2) is 13.0. The van der Waals surface area contributed by atoms with Gasteiger partial charge in [-0.05, 0) is 97.9 Å². The molecule has 0 spiro atoms. The molecule has 4 aromatic carbocycles. The number of nitrogens with one attached hydrogen (secondary N) is 1. The van der Waals surface area contributed by atoms with Crippen LogP contribution in [0.3, 0.4) is 0 Å². The Morgan fingerprint density at radius 1 is 0.729 bits per heavy atom. The lowest BCUT2D eigenvalue weighted by atomic mass is 9.79. The average molecular weight is 655 g/mol. The van der Waals surface area contributed by atoms with Gasteiger partial charge in [0.15, 0.2) is 5.71 Å². The van der Waals surface area contributed by atoms with Crippen LogP contribution in [0.15, 0.2) is 119 Å². The molecule has 1 atom stereocenters. The third-order valence-corrected chi connectivity index (χ3v) is 11.8. The topological polar surface area (TPSA) is 7.45 Å². The number of rotatable bonds is 9. The van der Waals surface area contributed by atoms with Crippen LogP contribution in [0.2, 0.25) is 0 Å². The molecule has 0 saturated heterocycles. The molecular formula is C45H51ClN2+2. The van der Waals surface area contributed by atoms with Crippen molar-refractivity contribution in [2.75, 3.05) is 13.1 Å². The maximum Gasteiger partial charge on any atom is 0.210 e. The van der Waals surface area contributed by atoms with Crippen LogP contribution >= 0.6 is 11.6 Å². The van der Waals surface area contributed by atoms with Gasteiger partial charge in [-0.15, -0.1) is 0 Å². The van der Waals surface area contributed by atoms with Crippen LogP contribution in [0.25, 0.3) is 21.5 Å². The maximum atomic E-state index is 7.23. The highest BCUT2D eigenvalue weighted by Crippen LogP contribution is 2.46. The van der Waals surface area contributed by atoms with Crippen molar-refractivity contribution < 1.29 is 9.48 Å². The fourth-order valence-corrected chi connectivity index (χ4v) is 9.06. The van der Waals surface area contributed by atoms with Crippen molar-refractivity contribution in [3.63, 3.8) is 0 Å². The Morgan fingerprint density at radius 3 is 2.10 bits per heavy atom. The minimum Gasteiger partial charge on any atom is -0.273 e. The molecule has 3 heteroatoms. The van der Waals surface area contributed by atoms with E-state index in [9.17, 15) is 0 Å². The summed E-state index contributed by atoms with van der Waals surface area (Å²) in [4.78, 5) is 1.51. The summed E-state index contributed by atoms with van der Waals surface area (Å²) < 4.78 is 2.57. The first kappa shape index (κ1) is 32.8. The number of fused-ring (bicyclic) bond motifs is 6. The first-order chi connectivity index (χ1) is 23.2. The van der Waals surface area contributed by atoms with Crippen LogP contribution in [-0.4, -0.2) is 23.4 Å². The molecule has 0 saturated carbocycles. The molecule has 4 aromatic rings. The van der Waals surface area contributed by atoms with E-state index in [1.807, 2.05) is 0 Å². The predicted octanol–water partition coefficient (Wildman–Crippen LogP) is 11.1. The van der Waals surface area contributed by atoms with Crippen LogP contribution in [0, 0.1) is 0 Å². The van der Waals surface area contributed by atoms with Gasteiger partial charge in [-0.2, -0.15) is 4.58 Å². The zero-order valence-electron chi connectivity index (χ0n) is 29.7. The molecule has 1 N–H and O–H groups in total. The van der Waals surface area contributed by atoms with E-state index in [1.54, 1.807) is 0 Å². The summed E-state index contributed by atoms with van der Waals surface area (Å²) in [5, 5.41) is 6.31. The summed E-state index contributed by atoms with van der Waals surface area (Å²) in [6.07, 6.45) is 16.1. The Balaban J connectivity index is 1.24. The monoisotopic (exact) mass is 654 g/mol. The molecule has 3 aliphatic rings. The zero-order valence-corrected chi connectivity index (χ0v) is 30.5. The number of halogens is 1. The van der Waals surface area contributed by atoms with Gasteiger partial charge in [-0.1, -0.05) is 99.0 Å². The molecule has 2 heterocycles. The van der Waals surface area contributed by atoms with E-state index < -0.39 is 0 Å². The van der Waals surface area contributed by atoms with Crippen molar-refractivity contribution >= 4 is 50.2 Å². The van der Waals surface area contributed by atoms with Gasteiger partial charge in [0, 0.05) is 40.8 Å². The van der Waals surface area contributed by atoms with Gasteiger partial charge in [-0.3, -0.25) is 4.90 Å². The van der Waals surface area contributed by atoms with Crippen molar-refractivity contribution in [2.45, 2.75) is 90.9 Å². The van der Waals surface area contributed by atoms with E-state index in [-0.39, 0.29) is 10.8 Å². The fourth-order valence-electron chi connectivity index (χ4n) is 8.75. The van der Waals surface area contributed by atoms with Crippen molar-refractivity contribution in [3.05, 3.63) is 130 Å². The molecular weight excluding hydrogens is 604 g/mol. The SMILES string of the molecule is CCCC[N+]1=C(/C=C/C2=C(Cl)C(=C/C=C3/[NH+](CCCC)c4ccc5ccccc5c4C3(C)C)/CC2)C(C)(C)c2c1ccc1ccccc21.